The van der Waals surface area contributed by atoms with E-state index in [4.69, 9.17) is 5.73 Å². The summed E-state index contributed by atoms with van der Waals surface area (Å²) in [5.74, 6) is 0.734. The van der Waals surface area contributed by atoms with Gasteiger partial charge in [-0.1, -0.05) is 19.8 Å². The van der Waals surface area contributed by atoms with Gasteiger partial charge in [0.25, 0.3) is 0 Å². The number of hydrogen-bond acceptors (Lipinski definition) is 3. The van der Waals surface area contributed by atoms with Crippen LogP contribution in [0.3, 0.4) is 0 Å². The summed E-state index contributed by atoms with van der Waals surface area (Å²) >= 11 is 0. The van der Waals surface area contributed by atoms with E-state index in [1.165, 1.54) is 6.42 Å². The van der Waals surface area contributed by atoms with Crippen LogP contribution in [0.5, 0.6) is 0 Å². The average molecular weight is 280 g/mol. The molecule has 5 heteroatoms. The Morgan fingerprint density at radius 2 is 2.25 bits per heavy atom. The highest BCUT2D eigenvalue weighted by Gasteiger charge is 2.10. The Labute approximate surface area is 121 Å². The topological polar surface area (TPSA) is 72.9 Å². The maximum absolute atomic E-state index is 11.8. The first-order chi connectivity index (χ1) is 9.67. The molecule has 114 valence electrons. The molecule has 5 nitrogen and oxygen atoms in total. The molecule has 1 amide bonds. The molecule has 1 heterocycles. The third kappa shape index (κ3) is 6.19. The highest BCUT2D eigenvalue weighted by atomic mass is 16.1. The lowest BCUT2D eigenvalue weighted by atomic mass is 9.94. The van der Waals surface area contributed by atoms with Crippen molar-refractivity contribution in [3.8, 4) is 0 Å². The van der Waals surface area contributed by atoms with Crippen molar-refractivity contribution in [1.29, 1.82) is 0 Å². The van der Waals surface area contributed by atoms with Crippen molar-refractivity contribution in [2.45, 2.75) is 45.4 Å². The Bertz CT molecular complexity index is 383. The largest absolute Gasteiger partial charge is 0.356 e. The Kier molecular flexibility index (Phi) is 7.95. The number of hydrogen-bond donors (Lipinski definition) is 2. The van der Waals surface area contributed by atoms with Crippen LogP contribution in [0.2, 0.25) is 0 Å². The number of aryl methyl sites for hydroxylation is 1. The van der Waals surface area contributed by atoms with Crippen LogP contribution in [0.4, 0.5) is 0 Å². The SMILES string of the molecule is CCCC(CCN)CCC(=O)NCCc1ccnn1C. The molecule has 1 aromatic rings. The number of carbonyl (C=O) groups excluding carboxylic acids is 1. The molecule has 0 saturated carbocycles. The molecule has 0 aliphatic heterocycles. The molecule has 0 radical (unpaired) electrons. The van der Waals surface area contributed by atoms with Gasteiger partial charge in [-0.15, -0.1) is 0 Å². The fourth-order valence-corrected chi connectivity index (χ4v) is 2.48. The number of nitrogens with one attached hydrogen (secondary N) is 1. The van der Waals surface area contributed by atoms with E-state index in [-0.39, 0.29) is 5.91 Å². The van der Waals surface area contributed by atoms with E-state index < -0.39 is 0 Å². The first-order valence-electron chi connectivity index (χ1n) is 7.61. The van der Waals surface area contributed by atoms with E-state index in [1.807, 2.05) is 17.8 Å². The van der Waals surface area contributed by atoms with Gasteiger partial charge in [0, 0.05) is 38.3 Å². The molecule has 0 aromatic carbocycles. The summed E-state index contributed by atoms with van der Waals surface area (Å²) in [6, 6.07) is 1.98. The van der Waals surface area contributed by atoms with Gasteiger partial charge in [0.1, 0.15) is 0 Å². The lowest BCUT2D eigenvalue weighted by molar-refractivity contribution is -0.121. The summed E-state index contributed by atoms with van der Waals surface area (Å²) in [4.78, 5) is 11.8. The Hall–Kier alpha value is -1.36. The second-order valence-corrected chi connectivity index (χ2v) is 5.32. The van der Waals surface area contributed by atoms with Crippen LogP contribution in [-0.4, -0.2) is 28.8 Å². The molecule has 0 fully saturated rings. The highest BCUT2D eigenvalue weighted by Crippen LogP contribution is 2.16. The maximum Gasteiger partial charge on any atom is 0.220 e. The van der Waals surface area contributed by atoms with Gasteiger partial charge >= 0.3 is 0 Å². The van der Waals surface area contributed by atoms with E-state index in [0.29, 0.717) is 25.4 Å². The first kappa shape index (κ1) is 16.7. The Balaban J connectivity index is 2.17. The molecule has 0 bridgehead atoms. The van der Waals surface area contributed by atoms with Gasteiger partial charge in [-0.25, -0.2) is 0 Å². The second-order valence-electron chi connectivity index (χ2n) is 5.32. The quantitative estimate of drug-likeness (QED) is 0.684. The summed E-state index contributed by atoms with van der Waals surface area (Å²) in [6.07, 6.45) is 7.50. The van der Waals surface area contributed by atoms with Crippen molar-refractivity contribution in [2.75, 3.05) is 13.1 Å². The molecule has 1 unspecified atom stereocenters. The average Bonchev–Trinajstić information content (AvgIpc) is 2.82. The molecule has 0 aliphatic rings. The van der Waals surface area contributed by atoms with Crippen molar-refractivity contribution < 1.29 is 4.79 Å². The number of rotatable bonds is 10. The Morgan fingerprint density at radius 3 is 2.85 bits per heavy atom. The van der Waals surface area contributed by atoms with Crippen molar-refractivity contribution in [1.82, 2.24) is 15.1 Å². The van der Waals surface area contributed by atoms with Gasteiger partial charge in [-0.05, 0) is 31.4 Å². The summed E-state index contributed by atoms with van der Waals surface area (Å²) in [6.45, 7) is 3.57. The van der Waals surface area contributed by atoms with Crippen LogP contribution >= 0.6 is 0 Å². The molecule has 0 saturated heterocycles. The molecular formula is C15H28N4O. The van der Waals surface area contributed by atoms with Gasteiger partial charge in [0.2, 0.25) is 5.91 Å². The zero-order valence-electron chi connectivity index (χ0n) is 12.8. The van der Waals surface area contributed by atoms with Gasteiger partial charge in [0.05, 0.1) is 0 Å². The van der Waals surface area contributed by atoms with Crippen molar-refractivity contribution in [3.05, 3.63) is 18.0 Å². The minimum atomic E-state index is 0.144. The summed E-state index contributed by atoms with van der Waals surface area (Å²) in [5, 5.41) is 7.08. The molecular weight excluding hydrogens is 252 g/mol. The lowest BCUT2D eigenvalue weighted by Gasteiger charge is -2.14. The van der Waals surface area contributed by atoms with Gasteiger partial charge in [-0.3, -0.25) is 9.48 Å². The minimum Gasteiger partial charge on any atom is -0.356 e. The second kappa shape index (κ2) is 9.53. The van der Waals surface area contributed by atoms with Crippen LogP contribution in [0, 0.1) is 5.92 Å². The van der Waals surface area contributed by atoms with E-state index in [9.17, 15) is 4.79 Å². The van der Waals surface area contributed by atoms with Crippen molar-refractivity contribution >= 4 is 5.91 Å². The van der Waals surface area contributed by atoms with E-state index in [0.717, 1.165) is 31.4 Å². The molecule has 3 N–H and O–H groups in total. The number of amides is 1. The molecule has 1 rings (SSSR count). The molecule has 1 atom stereocenters. The third-order valence-corrected chi connectivity index (χ3v) is 3.68. The maximum atomic E-state index is 11.8. The van der Waals surface area contributed by atoms with Gasteiger partial charge in [0.15, 0.2) is 0 Å². The molecule has 20 heavy (non-hydrogen) atoms. The summed E-state index contributed by atoms with van der Waals surface area (Å²) in [7, 11) is 1.92. The number of aromatic nitrogens is 2. The zero-order valence-corrected chi connectivity index (χ0v) is 12.8. The predicted octanol–water partition coefficient (Wildman–Crippen LogP) is 1.62. The van der Waals surface area contributed by atoms with Crippen molar-refractivity contribution in [2.24, 2.45) is 18.7 Å². The van der Waals surface area contributed by atoms with Crippen LogP contribution < -0.4 is 11.1 Å². The summed E-state index contributed by atoms with van der Waals surface area (Å²) in [5.41, 5.74) is 6.74. The standard InChI is InChI=1S/C15H28N4O/c1-3-4-13(7-10-16)5-6-15(20)17-11-8-14-9-12-18-19(14)2/h9,12-13H,3-8,10-11,16H2,1-2H3,(H,17,20). The van der Waals surface area contributed by atoms with Gasteiger partial charge < -0.3 is 11.1 Å². The van der Waals surface area contributed by atoms with E-state index >= 15 is 0 Å². The monoisotopic (exact) mass is 280 g/mol. The van der Waals surface area contributed by atoms with Crippen LogP contribution in [0.1, 0.15) is 44.7 Å². The van der Waals surface area contributed by atoms with E-state index in [1.54, 1.807) is 6.20 Å². The van der Waals surface area contributed by atoms with Gasteiger partial charge in [-0.2, -0.15) is 5.10 Å². The summed E-state index contributed by atoms with van der Waals surface area (Å²) < 4.78 is 1.84. The van der Waals surface area contributed by atoms with Crippen LogP contribution in [-0.2, 0) is 18.3 Å². The predicted molar refractivity (Wildman–Crippen MR) is 81.2 cm³/mol. The van der Waals surface area contributed by atoms with Crippen LogP contribution in [0.15, 0.2) is 12.3 Å². The van der Waals surface area contributed by atoms with Crippen molar-refractivity contribution in [3.63, 3.8) is 0 Å². The molecule has 0 aliphatic carbocycles. The molecule has 0 spiro atoms. The third-order valence-electron chi connectivity index (χ3n) is 3.68. The zero-order chi connectivity index (χ0) is 14.8. The lowest BCUT2D eigenvalue weighted by Crippen LogP contribution is -2.26. The number of nitrogens with two attached hydrogens (primary N) is 1. The minimum absolute atomic E-state index is 0.144. The normalized spacial score (nSPS) is 12.3. The number of nitrogens with zero attached hydrogens (tertiary/aromatic N) is 2. The van der Waals surface area contributed by atoms with E-state index in [2.05, 4.69) is 17.3 Å². The molecule has 1 aromatic heterocycles. The first-order valence-corrected chi connectivity index (χ1v) is 7.61. The fourth-order valence-electron chi connectivity index (χ4n) is 2.48. The Morgan fingerprint density at radius 1 is 1.45 bits per heavy atom. The number of carbonyl (C=O) groups is 1. The smallest absolute Gasteiger partial charge is 0.220 e. The fraction of sp³-hybridized carbons (Fsp3) is 0.733. The highest BCUT2D eigenvalue weighted by molar-refractivity contribution is 5.75. The van der Waals surface area contributed by atoms with Crippen LogP contribution in [0.25, 0.3) is 0 Å².